The average molecular weight is 252 g/mol. The van der Waals surface area contributed by atoms with Crippen molar-refractivity contribution < 1.29 is 0 Å². The number of nitriles is 2. The van der Waals surface area contributed by atoms with E-state index in [9.17, 15) is 0 Å². The van der Waals surface area contributed by atoms with Crippen molar-refractivity contribution in [3.05, 3.63) is 41.8 Å². The number of rotatable bonds is 3. The van der Waals surface area contributed by atoms with Crippen LogP contribution in [0.2, 0.25) is 0 Å². The Kier molecular flexibility index (Phi) is 3.70. The molecule has 0 radical (unpaired) electrons. The van der Waals surface area contributed by atoms with Crippen LogP contribution in [0, 0.1) is 22.7 Å². The van der Waals surface area contributed by atoms with Crippen molar-refractivity contribution in [1.82, 2.24) is 0 Å². The first-order valence-corrected chi connectivity index (χ1v) is 5.99. The summed E-state index contributed by atoms with van der Waals surface area (Å²) in [7, 11) is 0. The Morgan fingerprint density at radius 1 is 1.17 bits per heavy atom. The smallest absolute Gasteiger partial charge is 0.237 e. The van der Waals surface area contributed by atoms with E-state index in [-0.39, 0.29) is 5.71 Å². The molecule has 0 unspecified atom stereocenters. The maximum atomic E-state index is 8.57. The highest BCUT2D eigenvalue weighted by Crippen LogP contribution is 2.26. The summed E-state index contributed by atoms with van der Waals surface area (Å²) in [6, 6.07) is 15.0. The Hall–Kier alpha value is -2.63. The predicted octanol–water partition coefficient (Wildman–Crippen LogP) is 3.23. The van der Waals surface area contributed by atoms with E-state index in [1.807, 2.05) is 41.8 Å². The van der Waals surface area contributed by atoms with Gasteiger partial charge in [0.05, 0.1) is 5.69 Å². The fraction of sp³-hybridized carbons (Fsp3) is 0. The van der Waals surface area contributed by atoms with E-state index in [0.29, 0.717) is 0 Å². The molecule has 1 aromatic heterocycles. The molecule has 0 atom stereocenters. The zero-order valence-corrected chi connectivity index (χ0v) is 10.1. The van der Waals surface area contributed by atoms with Gasteiger partial charge in [-0.05, 0) is 29.1 Å². The molecule has 5 heteroatoms. The van der Waals surface area contributed by atoms with Gasteiger partial charge in [-0.1, -0.05) is 18.2 Å². The molecule has 0 spiro atoms. The maximum absolute atomic E-state index is 8.57. The molecule has 2 aromatic rings. The van der Waals surface area contributed by atoms with Crippen LogP contribution in [0.1, 0.15) is 0 Å². The number of nitrogens with one attached hydrogen (secondary N) is 1. The summed E-state index contributed by atoms with van der Waals surface area (Å²) in [4.78, 5) is 1.16. The van der Waals surface area contributed by atoms with E-state index < -0.39 is 0 Å². The fourth-order valence-corrected chi connectivity index (χ4v) is 2.10. The van der Waals surface area contributed by atoms with Crippen LogP contribution in [0.15, 0.2) is 46.9 Å². The summed E-state index contributed by atoms with van der Waals surface area (Å²) in [5.74, 6) is 0. The topological polar surface area (TPSA) is 72.0 Å². The lowest BCUT2D eigenvalue weighted by molar-refractivity contribution is 1.34. The van der Waals surface area contributed by atoms with E-state index in [1.165, 1.54) is 0 Å². The van der Waals surface area contributed by atoms with Crippen LogP contribution in [0.3, 0.4) is 0 Å². The Balaban J connectivity index is 2.22. The molecular formula is C13H8N4S. The van der Waals surface area contributed by atoms with Crippen molar-refractivity contribution in [1.29, 1.82) is 10.5 Å². The van der Waals surface area contributed by atoms with Gasteiger partial charge in [0.15, 0.2) is 0 Å². The van der Waals surface area contributed by atoms with Gasteiger partial charge in [-0.15, -0.1) is 11.3 Å². The van der Waals surface area contributed by atoms with Crippen LogP contribution in [-0.2, 0) is 0 Å². The fourth-order valence-electron chi connectivity index (χ4n) is 1.38. The Morgan fingerprint density at radius 3 is 2.67 bits per heavy atom. The monoisotopic (exact) mass is 252 g/mol. The zero-order valence-electron chi connectivity index (χ0n) is 9.29. The van der Waals surface area contributed by atoms with Gasteiger partial charge in [0, 0.05) is 4.88 Å². The lowest BCUT2D eigenvalue weighted by atomic mass is 10.2. The minimum Gasteiger partial charge on any atom is -0.276 e. The highest BCUT2D eigenvalue weighted by atomic mass is 32.1. The largest absolute Gasteiger partial charge is 0.276 e. The summed E-state index contributed by atoms with van der Waals surface area (Å²) in [6.07, 6.45) is 0. The average Bonchev–Trinajstić information content (AvgIpc) is 2.94. The van der Waals surface area contributed by atoms with Crippen molar-refractivity contribution in [2.45, 2.75) is 0 Å². The third kappa shape index (κ3) is 2.73. The van der Waals surface area contributed by atoms with Gasteiger partial charge >= 0.3 is 0 Å². The summed E-state index contributed by atoms with van der Waals surface area (Å²) in [5.41, 5.74) is 4.31. The first kappa shape index (κ1) is 11.8. The van der Waals surface area contributed by atoms with Crippen molar-refractivity contribution in [2.24, 2.45) is 5.10 Å². The molecule has 86 valence electrons. The van der Waals surface area contributed by atoms with Crippen molar-refractivity contribution in [3.8, 4) is 22.6 Å². The lowest BCUT2D eigenvalue weighted by Crippen LogP contribution is -1.96. The summed E-state index contributed by atoms with van der Waals surface area (Å²) in [6.45, 7) is 0. The SMILES string of the molecule is N#CC(C#N)=NNc1cccc(-c2cccs2)c1. The second-order valence-electron chi connectivity index (χ2n) is 3.35. The standard InChI is InChI=1S/C13H8N4S/c14-8-12(9-15)17-16-11-4-1-3-10(7-11)13-5-2-6-18-13/h1-7,16H. The van der Waals surface area contributed by atoms with Crippen LogP contribution in [-0.4, -0.2) is 5.71 Å². The van der Waals surface area contributed by atoms with Crippen LogP contribution in [0.5, 0.6) is 0 Å². The van der Waals surface area contributed by atoms with Crippen molar-refractivity contribution >= 4 is 22.7 Å². The Bertz CT molecular complexity index is 628. The molecule has 0 aliphatic rings. The van der Waals surface area contributed by atoms with Gasteiger partial charge in [0.1, 0.15) is 12.1 Å². The molecule has 0 amide bonds. The third-order valence-corrected chi connectivity index (χ3v) is 3.10. The zero-order chi connectivity index (χ0) is 12.8. The van der Waals surface area contributed by atoms with E-state index in [2.05, 4.69) is 10.5 Å². The van der Waals surface area contributed by atoms with Crippen LogP contribution in [0.25, 0.3) is 10.4 Å². The number of hydrogen-bond acceptors (Lipinski definition) is 5. The molecule has 0 fully saturated rings. The second kappa shape index (κ2) is 5.62. The molecule has 2 rings (SSSR count). The first-order chi connectivity index (χ1) is 8.83. The minimum absolute atomic E-state index is 0.198. The quantitative estimate of drug-likeness (QED) is 0.673. The number of benzene rings is 1. The highest BCUT2D eigenvalue weighted by Gasteiger charge is 2.00. The summed E-state index contributed by atoms with van der Waals surface area (Å²) in [5, 5.41) is 22.8. The molecule has 0 saturated heterocycles. The Labute approximate surface area is 108 Å². The number of hydrazone groups is 1. The molecule has 1 heterocycles. The van der Waals surface area contributed by atoms with Gasteiger partial charge in [-0.3, -0.25) is 5.43 Å². The van der Waals surface area contributed by atoms with E-state index >= 15 is 0 Å². The number of nitrogens with zero attached hydrogens (tertiary/aromatic N) is 3. The van der Waals surface area contributed by atoms with Gasteiger partial charge in [-0.2, -0.15) is 15.6 Å². The maximum Gasteiger partial charge on any atom is 0.237 e. The minimum atomic E-state index is -0.198. The highest BCUT2D eigenvalue weighted by molar-refractivity contribution is 7.13. The molecule has 18 heavy (non-hydrogen) atoms. The van der Waals surface area contributed by atoms with Gasteiger partial charge in [-0.25, -0.2) is 0 Å². The molecular weight excluding hydrogens is 244 g/mol. The molecule has 0 aliphatic carbocycles. The summed E-state index contributed by atoms with van der Waals surface area (Å²) >= 11 is 1.65. The molecule has 1 N–H and O–H groups in total. The lowest BCUT2D eigenvalue weighted by Gasteiger charge is -2.02. The number of thiophene rings is 1. The first-order valence-electron chi connectivity index (χ1n) is 5.11. The second-order valence-corrected chi connectivity index (χ2v) is 4.30. The molecule has 0 aliphatic heterocycles. The van der Waals surface area contributed by atoms with E-state index in [4.69, 9.17) is 10.5 Å². The molecule has 0 bridgehead atoms. The van der Waals surface area contributed by atoms with Crippen LogP contribution < -0.4 is 5.43 Å². The number of anilines is 1. The summed E-state index contributed by atoms with van der Waals surface area (Å²) < 4.78 is 0. The molecule has 1 aromatic carbocycles. The Morgan fingerprint density at radius 2 is 2.00 bits per heavy atom. The normalized spacial score (nSPS) is 9.00. The van der Waals surface area contributed by atoms with E-state index in [1.54, 1.807) is 23.5 Å². The van der Waals surface area contributed by atoms with Gasteiger partial charge in [0.2, 0.25) is 5.71 Å². The van der Waals surface area contributed by atoms with Crippen LogP contribution >= 0.6 is 11.3 Å². The third-order valence-electron chi connectivity index (χ3n) is 2.18. The van der Waals surface area contributed by atoms with Gasteiger partial charge < -0.3 is 0 Å². The predicted molar refractivity (Wildman–Crippen MR) is 72.0 cm³/mol. The van der Waals surface area contributed by atoms with Crippen molar-refractivity contribution in [3.63, 3.8) is 0 Å². The van der Waals surface area contributed by atoms with Crippen LogP contribution in [0.4, 0.5) is 5.69 Å². The molecule has 4 nitrogen and oxygen atoms in total. The van der Waals surface area contributed by atoms with Gasteiger partial charge in [0.25, 0.3) is 0 Å². The van der Waals surface area contributed by atoms with E-state index in [0.717, 1.165) is 16.1 Å². The number of hydrogen-bond donors (Lipinski definition) is 1. The molecule has 0 saturated carbocycles. The van der Waals surface area contributed by atoms with Crippen molar-refractivity contribution in [2.75, 3.05) is 5.43 Å².